The van der Waals surface area contributed by atoms with Gasteiger partial charge in [0.1, 0.15) is 17.7 Å². The molecule has 2 N–H and O–H groups in total. The Bertz CT molecular complexity index is 1110. The molecule has 8 heteroatoms. The molecule has 0 saturated heterocycles. The third-order valence-corrected chi connectivity index (χ3v) is 6.17. The van der Waals surface area contributed by atoms with Crippen molar-refractivity contribution < 1.29 is 19.1 Å². The number of nitrogens with one attached hydrogen (secondary N) is 2. The Labute approximate surface area is 218 Å². The van der Waals surface area contributed by atoms with Crippen LogP contribution in [0.3, 0.4) is 0 Å². The van der Waals surface area contributed by atoms with Gasteiger partial charge in [-0.1, -0.05) is 53.1 Å². The van der Waals surface area contributed by atoms with Gasteiger partial charge in [0.15, 0.2) is 0 Å². The van der Waals surface area contributed by atoms with Crippen molar-refractivity contribution in [3.8, 4) is 0 Å². The molecule has 1 saturated carbocycles. The molecule has 2 aromatic rings. The van der Waals surface area contributed by atoms with E-state index in [4.69, 9.17) is 16.3 Å². The maximum atomic E-state index is 13.9. The van der Waals surface area contributed by atoms with Crippen molar-refractivity contribution in [2.45, 2.75) is 85.0 Å². The SMILES string of the molecule is Cc1cc(C)cc(C(C(=O)Nc2c(C)cccc2Cl)N(C(=O)C(C)NC(=O)OC(C)(C)C)C2CC2)c1. The molecule has 36 heavy (non-hydrogen) atoms. The number of hydrogen-bond donors (Lipinski definition) is 2. The van der Waals surface area contributed by atoms with Crippen LogP contribution >= 0.6 is 11.6 Å². The minimum atomic E-state index is -0.901. The Morgan fingerprint density at radius 1 is 1.06 bits per heavy atom. The van der Waals surface area contributed by atoms with Crippen molar-refractivity contribution >= 4 is 35.2 Å². The van der Waals surface area contributed by atoms with Crippen molar-refractivity contribution in [3.05, 3.63) is 63.7 Å². The van der Waals surface area contributed by atoms with Gasteiger partial charge in [-0.05, 0) is 78.5 Å². The van der Waals surface area contributed by atoms with Crippen molar-refractivity contribution in [3.63, 3.8) is 0 Å². The first kappa shape index (κ1) is 27.5. The molecule has 0 heterocycles. The zero-order valence-electron chi connectivity index (χ0n) is 22.1. The number of amides is 3. The number of anilines is 1. The lowest BCUT2D eigenvalue weighted by molar-refractivity contribution is -0.141. The largest absolute Gasteiger partial charge is 0.444 e. The number of aryl methyl sites for hydroxylation is 3. The van der Waals surface area contributed by atoms with Gasteiger partial charge in [-0.15, -0.1) is 0 Å². The Morgan fingerprint density at radius 3 is 2.19 bits per heavy atom. The lowest BCUT2D eigenvalue weighted by Crippen LogP contribution is -2.52. The number of carbonyl (C=O) groups excluding carboxylic acids is 3. The molecule has 1 fully saturated rings. The van der Waals surface area contributed by atoms with Crippen LogP contribution in [0.15, 0.2) is 36.4 Å². The molecule has 0 radical (unpaired) electrons. The second-order valence-electron chi connectivity index (χ2n) is 10.6. The number of ether oxygens (including phenoxy) is 1. The van der Waals surface area contributed by atoms with Crippen molar-refractivity contribution in [1.82, 2.24) is 10.2 Å². The Hall–Kier alpha value is -3.06. The van der Waals surface area contributed by atoms with E-state index in [1.54, 1.807) is 38.7 Å². The highest BCUT2D eigenvalue weighted by atomic mass is 35.5. The fourth-order valence-electron chi connectivity index (χ4n) is 4.23. The summed E-state index contributed by atoms with van der Waals surface area (Å²) in [5.41, 5.74) is 3.32. The minimum absolute atomic E-state index is 0.107. The normalized spacial score (nSPS) is 15.0. The van der Waals surface area contributed by atoms with Crippen LogP contribution in [0.2, 0.25) is 5.02 Å². The van der Waals surface area contributed by atoms with Crippen LogP contribution in [-0.2, 0) is 14.3 Å². The summed E-state index contributed by atoms with van der Waals surface area (Å²) in [4.78, 5) is 41.6. The quantitative estimate of drug-likeness (QED) is 0.486. The number of halogens is 1. The summed E-state index contributed by atoms with van der Waals surface area (Å²) in [6.45, 7) is 12.7. The summed E-state index contributed by atoms with van der Waals surface area (Å²) in [5.74, 6) is -0.709. The first-order valence-corrected chi connectivity index (χ1v) is 12.6. The van der Waals surface area contributed by atoms with Crippen LogP contribution in [0.4, 0.5) is 10.5 Å². The standard InChI is InChI=1S/C28H36ClN3O4/c1-16-13-17(2)15-20(14-16)24(25(33)31-23-18(3)9-8-10-22(23)29)32(21-11-12-21)26(34)19(4)30-27(35)36-28(5,6)7/h8-10,13-15,19,21,24H,11-12H2,1-7H3,(H,30,35)(H,31,33). The summed E-state index contributed by atoms with van der Waals surface area (Å²) in [7, 11) is 0. The summed E-state index contributed by atoms with van der Waals surface area (Å²) in [6, 6.07) is 9.37. The second-order valence-corrected chi connectivity index (χ2v) is 11.0. The van der Waals surface area contributed by atoms with Gasteiger partial charge in [-0.25, -0.2) is 4.79 Å². The van der Waals surface area contributed by atoms with E-state index in [0.717, 1.165) is 29.5 Å². The van der Waals surface area contributed by atoms with E-state index in [-0.39, 0.29) is 17.9 Å². The van der Waals surface area contributed by atoms with Crippen LogP contribution in [0.1, 0.15) is 68.8 Å². The molecule has 0 aromatic heterocycles. The smallest absolute Gasteiger partial charge is 0.408 e. The van der Waals surface area contributed by atoms with E-state index in [2.05, 4.69) is 10.6 Å². The van der Waals surface area contributed by atoms with E-state index in [0.29, 0.717) is 16.3 Å². The Kier molecular flexibility index (Phi) is 8.34. The third-order valence-electron chi connectivity index (χ3n) is 5.85. The number of hydrogen-bond acceptors (Lipinski definition) is 4. The van der Waals surface area contributed by atoms with Crippen molar-refractivity contribution in [2.75, 3.05) is 5.32 Å². The maximum Gasteiger partial charge on any atom is 0.408 e. The van der Waals surface area contributed by atoms with Gasteiger partial charge in [0, 0.05) is 6.04 Å². The molecular weight excluding hydrogens is 478 g/mol. The van der Waals surface area contributed by atoms with Crippen molar-refractivity contribution in [2.24, 2.45) is 0 Å². The number of alkyl carbamates (subject to hydrolysis) is 1. The molecule has 3 rings (SSSR count). The van der Waals surface area contributed by atoms with Gasteiger partial charge in [-0.3, -0.25) is 9.59 Å². The highest BCUT2D eigenvalue weighted by Crippen LogP contribution is 2.37. The van der Waals surface area contributed by atoms with Crippen LogP contribution in [0, 0.1) is 20.8 Å². The number of carbonyl (C=O) groups is 3. The van der Waals surface area contributed by atoms with Crippen LogP contribution in [-0.4, -0.2) is 40.5 Å². The molecule has 1 aliphatic rings. The van der Waals surface area contributed by atoms with Gasteiger partial charge in [0.25, 0.3) is 5.91 Å². The number of benzene rings is 2. The molecule has 2 unspecified atom stereocenters. The highest BCUT2D eigenvalue weighted by Gasteiger charge is 2.43. The molecule has 0 spiro atoms. The maximum absolute atomic E-state index is 13.9. The molecule has 0 aliphatic heterocycles. The first-order chi connectivity index (χ1) is 16.8. The van der Waals surface area contributed by atoms with Gasteiger partial charge >= 0.3 is 6.09 Å². The van der Waals surface area contributed by atoms with E-state index >= 15 is 0 Å². The fraction of sp³-hybridized carbons (Fsp3) is 0.464. The predicted molar refractivity (Wildman–Crippen MR) is 142 cm³/mol. The summed E-state index contributed by atoms with van der Waals surface area (Å²) in [5, 5.41) is 6.02. The molecule has 2 aromatic carbocycles. The van der Waals surface area contributed by atoms with E-state index in [1.807, 2.05) is 51.1 Å². The average molecular weight is 514 g/mol. The molecule has 7 nitrogen and oxygen atoms in total. The number of rotatable bonds is 7. The van der Waals surface area contributed by atoms with Crippen LogP contribution < -0.4 is 10.6 Å². The Balaban J connectivity index is 1.98. The summed E-state index contributed by atoms with van der Waals surface area (Å²) in [6.07, 6.45) is 0.882. The summed E-state index contributed by atoms with van der Waals surface area (Å²) >= 11 is 6.40. The molecule has 3 amide bonds. The van der Waals surface area contributed by atoms with Crippen LogP contribution in [0.5, 0.6) is 0 Å². The van der Waals surface area contributed by atoms with Gasteiger partial charge < -0.3 is 20.3 Å². The van der Waals surface area contributed by atoms with Gasteiger partial charge in [-0.2, -0.15) is 0 Å². The monoisotopic (exact) mass is 513 g/mol. The number of para-hydroxylation sites is 1. The Morgan fingerprint density at radius 2 is 1.67 bits per heavy atom. The van der Waals surface area contributed by atoms with E-state index in [1.165, 1.54) is 0 Å². The van der Waals surface area contributed by atoms with Crippen molar-refractivity contribution in [1.29, 1.82) is 0 Å². The molecule has 0 bridgehead atoms. The zero-order chi connectivity index (χ0) is 26.8. The minimum Gasteiger partial charge on any atom is -0.444 e. The number of nitrogens with zero attached hydrogens (tertiary/aromatic N) is 1. The predicted octanol–water partition coefficient (Wildman–Crippen LogP) is 5.85. The fourth-order valence-corrected chi connectivity index (χ4v) is 4.50. The zero-order valence-corrected chi connectivity index (χ0v) is 22.8. The average Bonchev–Trinajstić information content (AvgIpc) is 3.56. The van der Waals surface area contributed by atoms with E-state index < -0.39 is 23.8 Å². The third kappa shape index (κ3) is 7.00. The van der Waals surface area contributed by atoms with E-state index in [9.17, 15) is 14.4 Å². The van der Waals surface area contributed by atoms with Crippen LogP contribution in [0.25, 0.3) is 0 Å². The highest BCUT2D eigenvalue weighted by molar-refractivity contribution is 6.34. The molecular formula is C28H36ClN3O4. The lowest BCUT2D eigenvalue weighted by atomic mass is 9.98. The second kappa shape index (κ2) is 10.9. The summed E-state index contributed by atoms with van der Waals surface area (Å²) < 4.78 is 5.33. The topological polar surface area (TPSA) is 87.7 Å². The first-order valence-electron chi connectivity index (χ1n) is 12.2. The molecule has 194 valence electrons. The van der Waals surface area contributed by atoms with Gasteiger partial charge in [0.2, 0.25) is 5.91 Å². The molecule has 2 atom stereocenters. The lowest BCUT2D eigenvalue weighted by Gasteiger charge is -2.34. The van der Waals surface area contributed by atoms with Gasteiger partial charge in [0.05, 0.1) is 10.7 Å². The molecule has 1 aliphatic carbocycles.